The zero-order chi connectivity index (χ0) is 15.2. The Labute approximate surface area is 141 Å². The lowest BCUT2D eigenvalue weighted by atomic mass is 10.2. The number of carbonyl (C=O) groups is 2. The van der Waals surface area contributed by atoms with Gasteiger partial charge in [0.2, 0.25) is 5.91 Å². The lowest BCUT2D eigenvalue weighted by molar-refractivity contribution is -0.130. The van der Waals surface area contributed by atoms with Crippen LogP contribution in [0.2, 0.25) is 5.02 Å². The van der Waals surface area contributed by atoms with Gasteiger partial charge in [-0.1, -0.05) is 11.6 Å². The molecule has 0 aromatic heterocycles. The summed E-state index contributed by atoms with van der Waals surface area (Å²) in [6.07, 6.45) is 1.15. The summed E-state index contributed by atoms with van der Waals surface area (Å²) in [4.78, 5) is 27.9. The van der Waals surface area contributed by atoms with Crippen molar-refractivity contribution in [1.82, 2.24) is 9.80 Å². The summed E-state index contributed by atoms with van der Waals surface area (Å²) in [5.41, 5.74) is 6.04. The number of hydrogen-bond acceptors (Lipinski definition) is 3. The molecule has 2 amide bonds. The molecule has 1 aliphatic rings. The zero-order valence-electron chi connectivity index (χ0n) is 12.3. The average Bonchev–Trinajstić information content (AvgIpc) is 2.73. The van der Waals surface area contributed by atoms with E-state index in [2.05, 4.69) is 0 Å². The van der Waals surface area contributed by atoms with Crippen LogP contribution in [0.15, 0.2) is 24.3 Å². The Kier molecular flexibility index (Phi) is 7.65. The topological polar surface area (TPSA) is 66.6 Å². The summed E-state index contributed by atoms with van der Waals surface area (Å²) in [7, 11) is 0. The van der Waals surface area contributed by atoms with Crippen LogP contribution in [0.3, 0.4) is 0 Å². The Morgan fingerprint density at radius 2 is 1.64 bits per heavy atom. The van der Waals surface area contributed by atoms with E-state index in [0.717, 1.165) is 6.42 Å². The van der Waals surface area contributed by atoms with Gasteiger partial charge < -0.3 is 15.5 Å². The van der Waals surface area contributed by atoms with Gasteiger partial charge in [0.1, 0.15) is 0 Å². The molecule has 0 atom stereocenters. The van der Waals surface area contributed by atoms with Crippen LogP contribution in [-0.2, 0) is 4.79 Å². The summed E-state index contributed by atoms with van der Waals surface area (Å²) in [5, 5.41) is 0.612. The minimum absolute atomic E-state index is 0. The maximum Gasteiger partial charge on any atom is 0.253 e. The highest BCUT2D eigenvalue weighted by molar-refractivity contribution is 6.30. The number of nitrogens with two attached hydrogens (primary N) is 1. The van der Waals surface area contributed by atoms with Crippen molar-refractivity contribution in [3.63, 3.8) is 0 Å². The molecule has 1 aromatic rings. The molecule has 0 radical (unpaired) electrons. The number of benzene rings is 1. The van der Waals surface area contributed by atoms with E-state index in [1.807, 2.05) is 0 Å². The highest BCUT2D eigenvalue weighted by atomic mass is 35.5. The summed E-state index contributed by atoms with van der Waals surface area (Å²) in [6.45, 7) is 2.83. The molecule has 122 valence electrons. The highest BCUT2D eigenvalue weighted by Crippen LogP contribution is 2.13. The van der Waals surface area contributed by atoms with Gasteiger partial charge in [0.15, 0.2) is 0 Å². The third-order valence-electron chi connectivity index (χ3n) is 3.59. The fourth-order valence-corrected chi connectivity index (χ4v) is 2.55. The van der Waals surface area contributed by atoms with Crippen molar-refractivity contribution in [1.29, 1.82) is 0 Å². The summed E-state index contributed by atoms with van der Waals surface area (Å²) >= 11 is 5.83. The number of halogens is 2. The second-order valence-electron chi connectivity index (χ2n) is 5.07. The molecule has 0 bridgehead atoms. The molecule has 22 heavy (non-hydrogen) atoms. The maximum absolute atomic E-state index is 12.4. The summed E-state index contributed by atoms with van der Waals surface area (Å²) in [6, 6.07) is 6.88. The Morgan fingerprint density at radius 1 is 1.05 bits per heavy atom. The van der Waals surface area contributed by atoms with Gasteiger partial charge >= 0.3 is 0 Å². The standard InChI is InChI=1S/C15H20ClN3O2.ClH/c16-13-4-2-12(3-5-13)15(21)19-9-1-8-18(10-11-19)14(20)6-7-17;/h2-5H,1,6-11,17H2;1H. The van der Waals surface area contributed by atoms with Crippen LogP contribution in [-0.4, -0.2) is 54.3 Å². The normalized spacial score (nSPS) is 15.0. The van der Waals surface area contributed by atoms with Gasteiger partial charge in [0.05, 0.1) is 0 Å². The minimum atomic E-state index is -0.0141. The van der Waals surface area contributed by atoms with Crippen LogP contribution in [0, 0.1) is 0 Å². The van der Waals surface area contributed by atoms with Gasteiger partial charge in [-0.25, -0.2) is 0 Å². The van der Waals surface area contributed by atoms with Crippen molar-refractivity contribution >= 4 is 35.8 Å². The minimum Gasteiger partial charge on any atom is -0.341 e. The zero-order valence-corrected chi connectivity index (χ0v) is 13.9. The van der Waals surface area contributed by atoms with E-state index >= 15 is 0 Å². The van der Waals surface area contributed by atoms with Crippen LogP contribution in [0.4, 0.5) is 0 Å². The first kappa shape index (κ1) is 18.7. The lowest BCUT2D eigenvalue weighted by Gasteiger charge is -2.22. The molecule has 0 unspecified atom stereocenters. The van der Waals surface area contributed by atoms with Crippen LogP contribution in [0.5, 0.6) is 0 Å². The molecule has 1 aromatic carbocycles. The average molecular weight is 346 g/mol. The molecule has 0 aliphatic carbocycles. The Bertz CT molecular complexity index is 508. The molecule has 1 aliphatic heterocycles. The van der Waals surface area contributed by atoms with Crippen LogP contribution in [0.1, 0.15) is 23.2 Å². The first-order valence-electron chi connectivity index (χ1n) is 7.14. The van der Waals surface area contributed by atoms with E-state index in [9.17, 15) is 9.59 Å². The molecule has 2 N–H and O–H groups in total. The Balaban J connectivity index is 0.00000242. The fraction of sp³-hybridized carbons (Fsp3) is 0.467. The monoisotopic (exact) mass is 345 g/mol. The van der Waals surface area contributed by atoms with Crippen molar-refractivity contribution in [2.24, 2.45) is 5.73 Å². The smallest absolute Gasteiger partial charge is 0.253 e. The van der Waals surface area contributed by atoms with Gasteiger partial charge in [0.25, 0.3) is 5.91 Å². The number of carbonyl (C=O) groups excluding carboxylic acids is 2. The predicted molar refractivity (Wildman–Crippen MR) is 89.5 cm³/mol. The second-order valence-corrected chi connectivity index (χ2v) is 5.51. The van der Waals surface area contributed by atoms with Gasteiger partial charge in [0, 0.05) is 49.7 Å². The van der Waals surface area contributed by atoms with Crippen LogP contribution < -0.4 is 5.73 Å². The van der Waals surface area contributed by atoms with Crippen molar-refractivity contribution in [3.8, 4) is 0 Å². The predicted octanol–water partition coefficient (Wildman–Crippen LogP) is 1.79. The SMILES string of the molecule is Cl.NCCC(=O)N1CCCN(C(=O)c2ccc(Cl)cc2)CC1. The molecular formula is C15H21Cl2N3O2. The van der Waals surface area contributed by atoms with E-state index in [1.165, 1.54) is 0 Å². The maximum atomic E-state index is 12.4. The largest absolute Gasteiger partial charge is 0.341 e. The van der Waals surface area contributed by atoms with E-state index in [0.29, 0.717) is 49.7 Å². The molecule has 0 spiro atoms. The number of amides is 2. The van der Waals surface area contributed by atoms with Crippen LogP contribution in [0.25, 0.3) is 0 Å². The third kappa shape index (κ3) is 4.87. The van der Waals surface area contributed by atoms with Crippen LogP contribution >= 0.6 is 24.0 Å². The Morgan fingerprint density at radius 3 is 2.27 bits per heavy atom. The molecule has 1 saturated heterocycles. The van der Waals surface area contributed by atoms with E-state index in [4.69, 9.17) is 17.3 Å². The molecule has 1 fully saturated rings. The molecule has 1 heterocycles. The van der Waals surface area contributed by atoms with Crippen molar-refractivity contribution in [3.05, 3.63) is 34.9 Å². The number of hydrogen-bond donors (Lipinski definition) is 1. The van der Waals surface area contributed by atoms with Gasteiger partial charge in [-0.15, -0.1) is 12.4 Å². The molecular weight excluding hydrogens is 325 g/mol. The summed E-state index contributed by atoms with van der Waals surface area (Å²) in [5.74, 6) is 0.0538. The highest BCUT2D eigenvalue weighted by Gasteiger charge is 2.22. The molecule has 5 nitrogen and oxygen atoms in total. The van der Waals surface area contributed by atoms with E-state index < -0.39 is 0 Å². The Hall–Kier alpha value is -1.30. The van der Waals surface area contributed by atoms with E-state index in [-0.39, 0.29) is 24.2 Å². The van der Waals surface area contributed by atoms with Gasteiger partial charge in [-0.05, 0) is 30.7 Å². The fourth-order valence-electron chi connectivity index (χ4n) is 2.43. The number of nitrogens with zero attached hydrogens (tertiary/aromatic N) is 2. The first-order valence-corrected chi connectivity index (χ1v) is 7.52. The van der Waals surface area contributed by atoms with Crippen molar-refractivity contribution in [2.75, 3.05) is 32.7 Å². The van der Waals surface area contributed by atoms with Crippen molar-refractivity contribution in [2.45, 2.75) is 12.8 Å². The summed E-state index contributed by atoms with van der Waals surface area (Å²) < 4.78 is 0. The quantitative estimate of drug-likeness (QED) is 0.907. The molecule has 7 heteroatoms. The second kappa shape index (κ2) is 8.98. The first-order chi connectivity index (χ1) is 10.1. The third-order valence-corrected chi connectivity index (χ3v) is 3.84. The molecule has 2 rings (SSSR count). The van der Waals surface area contributed by atoms with E-state index in [1.54, 1.807) is 34.1 Å². The van der Waals surface area contributed by atoms with Crippen molar-refractivity contribution < 1.29 is 9.59 Å². The lowest BCUT2D eigenvalue weighted by Crippen LogP contribution is -2.37. The van der Waals surface area contributed by atoms with Gasteiger partial charge in [-0.3, -0.25) is 9.59 Å². The number of rotatable bonds is 3. The van der Waals surface area contributed by atoms with Gasteiger partial charge in [-0.2, -0.15) is 0 Å². The molecule has 0 saturated carbocycles.